The Morgan fingerprint density at radius 1 is 1.25 bits per heavy atom. The van der Waals surface area contributed by atoms with Gasteiger partial charge in [-0.05, 0) is 25.7 Å². The van der Waals surface area contributed by atoms with Gasteiger partial charge in [-0.2, -0.15) is 0 Å². The highest BCUT2D eigenvalue weighted by Gasteiger charge is 2.06. The fourth-order valence-electron chi connectivity index (χ4n) is 1.27. The van der Waals surface area contributed by atoms with Crippen LogP contribution >= 0.6 is 0 Å². The predicted octanol–water partition coefficient (Wildman–Crippen LogP) is 3.85. The molecule has 0 aromatic rings. The van der Waals surface area contributed by atoms with E-state index in [-0.39, 0.29) is 5.82 Å². The van der Waals surface area contributed by atoms with Crippen molar-refractivity contribution in [3.8, 4) is 0 Å². The second kappa shape index (κ2) is 12.4. The summed E-state index contributed by atoms with van der Waals surface area (Å²) in [5.74, 6) is 0.510. The van der Waals surface area contributed by atoms with Crippen LogP contribution in [0.2, 0.25) is 5.82 Å². The first-order chi connectivity index (χ1) is 9.65. The first kappa shape index (κ1) is 18.3. The van der Waals surface area contributed by atoms with Crippen molar-refractivity contribution in [1.29, 1.82) is 0 Å². The van der Waals surface area contributed by atoms with Crippen molar-refractivity contribution in [2.75, 3.05) is 6.61 Å². The standard InChI is InChI=1S/C16H21B2O2/c1-5-8-10-11-14(4)20-18-19-13-16(17)15(7-3)12-9-6-2/h5-12,16H,1-2,13H2,3-4H3/b10-8-,12-9-,14-11+,15-7+. The summed E-state index contributed by atoms with van der Waals surface area (Å²) >= 11 is 0. The molecule has 0 bridgehead atoms. The molecule has 103 valence electrons. The molecule has 2 nitrogen and oxygen atoms in total. The minimum absolute atomic E-state index is 0.207. The molecule has 0 N–H and O–H groups in total. The molecule has 0 saturated heterocycles. The Bertz CT molecular complexity index is 407. The van der Waals surface area contributed by atoms with Crippen molar-refractivity contribution in [3.63, 3.8) is 0 Å². The lowest BCUT2D eigenvalue weighted by Crippen LogP contribution is -2.10. The fourth-order valence-corrected chi connectivity index (χ4v) is 1.27. The van der Waals surface area contributed by atoms with E-state index in [9.17, 15) is 0 Å². The van der Waals surface area contributed by atoms with Crippen LogP contribution in [0.15, 0.2) is 73.1 Å². The molecule has 0 aromatic heterocycles. The van der Waals surface area contributed by atoms with Crippen molar-refractivity contribution in [1.82, 2.24) is 0 Å². The number of hydrogen-bond donors (Lipinski definition) is 0. The average molecular weight is 267 g/mol. The van der Waals surface area contributed by atoms with E-state index in [1.165, 1.54) is 7.69 Å². The van der Waals surface area contributed by atoms with Crippen LogP contribution in [0.25, 0.3) is 0 Å². The fraction of sp³-hybridized carbons (Fsp3) is 0.250. The Morgan fingerprint density at radius 3 is 2.55 bits per heavy atom. The maximum Gasteiger partial charge on any atom is 0.572 e. The molecule has 0 aromatic carbocycles. The average Bonchev–Trinajstić information content (AvgIpc) is 2.44. The van der Waals surface area contributed by atoms with Crippen LogP contribution in [0.5, 0.6) is 0 Å². The van der Waals surface area contributed by atoms with Gasteiger partial charge < -0.3 is 9.31 Å². The predicted molar refractivity (Wildman–Crippen MR) is 88.5 cm³/mol. The molecule has 4 heteroatoms. The zero-order valence-corrected chi connectivity index (χ0v) is 12.3. The van der Waals surface area contributed by atoms with Crippen molar-refractivity contribution >= 4 is 15.5 Å². The molecular weight excluding hydrogens is 246 g/mol. The van der Waals surface area contributed by atoms with Gasteiger partial charge in [0.1, 0.15) is 0 Å². The number of allylic oxidation sites excluding steroid dienone is 9. The summed E-state index contributed by atoms with van der Waals surface area (Å²) in [5.41, 5.74) is 0.986. The molecule has 1 atom stereocenters. The van der Waals surface area contributed by atoms with E-state index in [0.717, 1.165) is 11.3 Å². The highest BCUT2D eigenvalue weighted by molar-refractivity contribution is 6.19. The first-order valence-corrected chi connectivity index (χ1v) is 6.42. The lowest BCUT2D eigenvalue weighted by Gasteiger charge is -2.13. The number of hydrogen-bond acceptors (Lipinski definition) is 2. The minimum Gasteiger partial charge on any atom is -0.541 e. The zero-order chi connectivity index (χ0) is 15.2. The van der Waals surface area contributed by atoms with Gasteiger partial charge in [0.2, 0.25) is 0 Å². The normalized spacial score (nSPS) is 14.5. The Morgan fingerprint density at radius 2 is 1.95 bits per heavy atom. The number of rotatable bonds is 10. The van der Waals surface area contributed by atoms with E-state index in [4.69, 9.17) is 17.2 Å². The van der Waals surface area contributed by atoms with Crippen LogP contribution in [0.3, 0.4) is 0 Å². The summed E-state index contributed by atoms with van der Waals surface area (Å²) in [6, 6.07) is 0. The molecule has 0 fully saturated rings. The van der Waals surface area contributed by atoms with Gasteiger partial charge in [-0.1, -0.05) is 61.3 Å². The Kier molecular flexibility index (Phi) is 11.3. The topological polar surface area (TPSA) is 18.5 Å². The summed E-state index contributed by atoms with van der Waals surface area (Å²) in [6.07, 6.45) is 14.6. The Hall–Kier alpha value is -1.67. The lowest BCUT2D eigenvalue weighted by molar-refractivity contribution is 0.265. The lowest BCUT2D eigenvalue weighted by atomic mass is 9.81. The van der Waals surface area contributed by atoms with Crippen LogP contribution in [0, 0.1) is 0 Å². The molecule has 0 aliphatic carbocycles. The first-order valence-electron chi connectivity index (χ1n) is 6.42. The summed E-state index contributed by atoms with van der Waals surface area (Å²) < 4.78 is 10.5. The van der Waals surface area contributed by atoms with Crippen LogP contribution < -0.4 is 0 Å². The van der Waals surface area contributed by atoms with Gasteiger partial charge in [0.15, 0.2) is 0 Å². The highest BCUT2D eigenvalue weighted by Crippen LogP contribution is 2.15. The molecule has 0 amide bonds. The molecule has 0 heterocycles. The van der Waals surface area contributed by atoms with E-state index in [1.807, 2.05) is 50.3 Å². The van der Waals surface area contributed by atoms with Crippen molar-refractivity contribution in [3.05, 3.63) is 73.1 Å². The maximum absolute atomic E-state index is 5.99. The van der Waals surface area contributed by atoms with Crippen LogP contribution in [-0.4, -0.2) is 22.1 Å². The molecule has 0 rings (SSSR count). The zero-order valence-electron chi connectivity index (χ0n) is 12.3. The highest BCUT2D eigenvalue weighted by atomic mass is 16.6. The van der Waals surface area contributed by atoms with Gasteiger partial charge >= 0.3 is 7.69 Å². The summed E-state index contributed by atoms with van der Waals surface area (Å²) in [6.45, 7) is 11.3. The van der Waals surface area contributed by atoms with Gasteiger partial charge in [0.05, 0.1) is 13.6 Å². The quantitative estimate of drug-likeness (QED) is 0.259. The van der Waals surface area contributed by atoms with E-state index >= 15 is 0 Å². The molecule has 0 saturated carbocycles. The summed E-state index contributed by atoms with van der Waals surface area (Å²) in [5, 5.41) is 0. The molecular formula is C16H21B2O2. The smallest absolute Gasteiger partial charge is 0.541 e. The monoisotopic (exact) mass is 267 g/mol. The SMILES string of the molecule is [B]C(CO[B]O/C(C)=C/C=C\C=C)C(/C=C\C=C)=C/C. The second-order valence-corrected chi connectivity index (χ2v) is 3.94. The molecule has 3 radical (unpaired) electrons. The van der Waals surface area contributed by atoms with E-state index < -0.39 is 0 Å². The van der Waals surface area contributed by atoms with Crippen molar-refractivity contribution < 1.29 is 9.31 Å². The minimum atomic E-state index is -0.207. The van der Waals surface area contributed by atoms with Crippen LogP contribution in [0.4, 0.5) is 0 Å². The summed E-state index contributed by atoms with van der Waals surface area (Å²) in [4.78, 5) is 0. The third-order valence-electron chi connectivity index (χ3n) is 2.34. The molecule has 0 spiro atoms. The summed E-state index contributed by atoms with van der Waals surface area (Å²) in [7, 11) is 7.28. The van der Waals surface area contributed by atoms with Crippen LogP contribution in [0.1, 0.15) is 13.8 Å². The van der Waals surface area contributed by atoms with Crippen molar-refractivity contribution in [2.45, 2.75) is 19.7 Å². The maximum atomic E-state index is 5.99. The van der Waals surface area contributed by atoms with E-state index in [0.29, 0.717) is 6.61 Å². The molecule has 1 unspecified atom stereocenters. The van der Waals surface area contributed by atoms with Crippen LogP contribution in [-0.2, 0) is 9.31 Å². The van der Waals surface area contributed by atoms with Gasteiger partial charge in [-0.25, -0.2) is 0 Å². The van der Waals surface area contributed by atoms with Gasteiger partial charge in [-0.15, -0.1) is 0 Å². The third kappa shape index (κ3) is 9.29. The van der Waals surface area contributed by atoms with E-state index in [2.05, 4.69) is 13.2 Å². The molecule has 0 aliphatic heterocycles. The third-order valence-corrected chi connectivity index (χ3v) is 2.34. The van der Waals surface area contributed by atoms with Gasteiger partial charge in [0.25, 0.3) is 0 Å². The Balaban J connectivity index is 4.02. The molecule has 20 heavy (non-hydrogen) atoms. The van der Waals surface area contributed by atoms with Gasteiger partial charge in [-0.3, -0.25) is 0 Å². The van der Waals surface area contributed by atoms with E-state index in [1.54, 1.807) is 12.2 Å². The Labute approximate surface area is 125 Å². The largest absolute Gasteiger partial charge is 0.572 e. The second-order valence-electron chi connectivity index (χ2n) is 3.94. The van der Waals surface area contributed by atoms with Crippen molar-refractivity contribution in [2.24, 2.45) is 0 Å². The van der Waals surface area contributed by atoms with Gasteiger partial charge in [0, 0.05) is 6.61 Å². The molecule has 0 aliphatic rings.